The molecular weight excluding hydrogens is 386 g/mol. The van der Waals surface area contributed by atoms with Crippen molar-refractivity contribution in [3.05, 3.63) is 29.3 Å². The Morgan fingerprint density at radius 2 is 1.93 bits per heavy atom. The number of aryl methyl sites for hydroxylation is 1. The molecule has 1 saturated heterocycles. The molecule has 0 unspecified atom stereocenters. The van der Waals surface area contributed by atoms with Crippen molar-refractivity contribution in [3.8, 4) is 5.75 Å². The zero-order chi connectivity index (χ0) is 21.9. The van der Waals surface area contributed by atoms with Crippen LogP contribution in [0, 0.1) is 6.92 Å². The number of fused-ring (bicyclic) bond motifs is 4. The van der Waals surface area contributed by atoms with Gasteiger partial charge in [-0.3, -0.25) is 14.4 Å². The Kier molecular flexibility index (Phi) is 6.65. The number of rotatable bonds is 2. The third kappa shape index (κ3) is 4.75. The average Bonchev–Trinajstić information content (AvgIpc) is 3.11. The maximum absolute atomic E-state index is 13.2. The van der Waals surface area contributed by atoms with E-state index in [0.29, 0.717) is 43.9 Å². The fraction of sp³-hybridized carbons (Fsp3) is 0.591. The first-order valence-electron chi connectivity index (χ1n) is 10.4. The summed E-state index contributed by atoms with van der Waals surface area (Å²) >= 11 is 0. The van der Waals surface area contributed by atoms with Gasteiger partial charge >= 0.3 is 0 Å². The number of hydrogen-bond donors (Lipinski definition) is 2. The first kappa shape index (κ1) is 22.1. The molecule has 0 saturated carbocycles. The summed E-state index contributed by atoms with van der Waals surface area (Å²) in [5.74, 6) is 0.101. The van der Waals surface area contributed by atoms with Gasteiger partial charge in [0.25, 0.3) is 11.8 Å². The lowest BCUT2D eigenvalue weighted by Gasteiger charge is -2.36. The van der Waals surface area contributed by atoms with Crippen molar-refractivity contribution in [1.29, 1.82) is 0 Å². The van der Waals surface area contributed by atoms with E-state index in [1.54, 1.807) is 30.9 Å². The molecule has 0 aliphatic carbocycles. The van der Waals surface area contributed by atoms with Crippen LogP contribution >= 0.6 is 0 Å². The van der Waals surface area contributed by atoms with Crippen molar-refractivity contribution in [1.82, 2.24) is 15.5 Å². The van der Waals surface area contributed by atoms with Crippen molar-refractivity contribution in [2.75, 3.05) is 26.8 Å². The highest BCUT2D eigenvalue weighted by Crippen LogP contribution is 2.30. The van der Waals surface area contributed by atoms with E-state index >= 15 is 0 Å². The van der Waals surface area contributed by atoms with Gasteiger partial charge < -0.3 is 25.0 Å². The molecule has 30 heavy (non-hydrogen) atoms. The Morgan fingerprint density at radius 1 is 1.20 bits per heavy atom. The van der Waals surface area contributed by atoms with Crippen molar-refractivity contribution in [3.63, 3.8) is 0 Å². The molecule has 0 radical (unpaired) electrons. The quantitative estimate of drug-likeness (QED) is 0.758. The van der Waals surface area contributed by atoms with E-state index in [1.165, 1.54) is 7.11 Å². The van der Waals surface area contributed by atoms with Crippen LogP contribution in [0.25, 0.3) is 0 Å². The minimum atomic E-state index is -1.01. The van der Waals surface area contributed by atoms with Crippen LogP contribution in [0.15, 0.2) is 18.2 Å². The molecule has 4 bridgehead atoms. The predicted molar refractivity (Wildman–Crippen MR) is 111 cm³/mol. The number of nitrogens with zero attached hydrogens (tertiary/aromatic N) is 1. The summed E-state index contributed by atoms with van der Waals surface area (Å²) in [5.41, 5.74) is 0.406. The van der Waals surface area contributed by atoms with Crippen molar-refractivity contribution >= 4 is 17.7 Å². The Bertz CT molecular complexity index is 823. The molecule has 2 aliphatic heterocycles. The van der Waals surface area contributed by atoms with E-state index in [0.717, 1.165) is 5.56 Å². The highest BCUT2D eigenvalue weighted by Gasteiger charge is 2.43. The number of methoxy groups -OCH3 is 1. The lowest BCUT2D eigenvalue weighted by molar-refractivity contribution is -0.154. The molecule has 2 aliphatic rings. The summed E-state index contributed by atoms with van der Waals surface area (Å²) in [6.45, 7) is 6.30. The minimum Gasteiger partial charge on any atom is -0.491 e. The van der Waals surface area contributed by atoms with Gasteiger partial charge in [0.15, 0.2) is 0 Å². The van der Waals surface area contributed by atoms with Gasteiger partial charge in [-0.15, -0.1) is 0 Å². The van der Waals surface area contributed by atoms with Gasteiger partial charge in [0.1, 0.15) is 18.0 Å². The number of amides is 3. The van der Waals surface area contributed by atoms with Crippen LogP contribution in [0.2, 0.25) is 0 Å². The van der Waals surface area contributed by atoms with Gasteiger partial charge in [-0.05, 0) is 51.3 Å². The van der Waals surface area contributed by atoms with Crippen LogP contribution in [0.5, 0.6) is 5.75 Å². The summed E-state index contributed by atoms with van der Waals surface area (Å²) < 4.78 is 11.2. The van der Waals surface area contributed by atoms with Crippen LogP contribution in [-0.2, 0) is 14.3 Å². The third-order valence-electron chi connectivity index (χ3n) is 5.93. The molecule has 1 aromatic rings. The van der Waals surface area contributed by atoms with Gasteiger partial charge in [0, 0.05) is 37.7 Å². The summed E-state index contributed by atoms with van der Waals surface area (Å²) in [5, 5.41) is 5.81. The zero-order valence-electron chi connectivity index (χ0n) is 18.1. The summed E-state index contributed by atoms with van der Waals surface area (Å²) in [6, 6.07) is 4.87. The first-order valence-corrected chi connectivity index (χ1v) is 10.4. The number of nitrogens with one attached hydrogen (secondary N) is 2. The summed E-state index contributed by atoms with van der Waals surface area (Å²) in [4.78, 5) is 40.2. The predicted octanol–water partition coefficient (Wildman–Crippen LogP) is 1.41. The van der Waals surface area contributed by atoms with Gasteiger partial charge in [-0.1, -0.05) is 6.07 Å². The van der Waals surface area contributed by atoms with Crippen molar-refractivity contribution in [2.45, 2.75) is 57.7 Å². The van der Waals surface area contributed by atoms with E-state index in [9.17, 15) is 14.4 Å². The van der Waals surface area contributed by atoms with Gasteiger partial charge in [-0.2, -0.15) is 0 Å². The Hall–Kier alpha value is -2.61. The second-order valence-electron chi connectivity index (χ2n) is 8.40. The van der Waals surface area contributed by atoms with Gasteiger partial charge in [-0.25, -0.2) is 0 Å². The second-order valence-corrected chi connectivity index (χ2v) is 8.40. The highest BCUT2D eigenvalue weighted by molar-refractivity contribution is 5.95. The molecule has 2 atom stereocenters. The highest BCUT2D eigenvalue weighted by atomic mass is 16.5. The molecule has 2 N–H and O–H groups in total. The molecule has 3 rings (SSSR count). The van der Waals surface area contributed by atoms with Crippen molar-refractivity contribution in [2.24, 2.45) is 0 Å². The van der Waals surface area contributed by atoms with Crippen LogP contribution in [0.4, 0.5) is 0 Å². The third-order valence-corrected chi connectivity index (χ3v) is 5.93. The largest absolute Gasteiger partial charge is 0.491 e. The van der Waals surface area contributed by atoms with E-state index < -0.39 is 5.60 Å². The lowest BCUT2D eigenvalue weighted by Crippen LogP contribution is -2.54. The van der Waals surface area contributed by atoms with E-state index in [4.69, 9.17) is 9.47 Å². The van der Waals surface area contributed by atoms with Gasteiger partial charge in [0.2, 0.25) is 5.91 Å². The van der Waals surface area contributed by atoms with E-state index in [2.05, 4.69) is 10.6 Å². The SMILES string of the molecule is COC(C)(C)C(=O)N1[C@@H]2CC[C@H]1CC(=O)NCCOc1cc(ccc1C)C(=O)NC2. The van der Waals surface area contributed by atoms with Crippen LogP contribution in [0.1, 0.15) is 49.0 Å². The van der Waals surface area contributed by atoms with Crippen LogP contribution < -0.4 is 15.4 Å². The molecular formula is C22H31N3O5. The number of hydrogen-bond acceptors (Lipinski definition) is 5. The minimum absolute atomic E-state index is 0.123. The maximum atomic E-state index is 13.2. The molecule has 1 fully saturated rings. The maximum Gasteiger partial charge on any atom is 0.254 e. The molecule has 8 nitrogen and oxygen atoms in total. The zero-order valence-corrected chi connectivity index (χ0v) is 18.1. The molecule has 3 amide bonds. The fourth-order valence-corrected chi connectivity index (χ4v) is 3.94. The number of benzene rings is 1. The monoisotopic (exact) mass is 417 g/mol. The lowest BCUT2D eigenvalue weighted by atomic mass is 10.0. The molecule has 1 aromatic carbocycles. The van der Waals surface area contributed by atoms with E-state index in [1.807, 2.05) is 13.0 Å². The van der Waals surface area contributed by atoms with Crippen LogP contribution in [0.3, 0.4) is 0 Å². The van der Waals surface area contributed by atoms with Crippen molar-refractivity contribution < 1.29 is 23.9 Å². The molecule has 8 heteroatoms. The Balaban J connectivity index is 1.87. The standard InChI is InChI=1S/C22H31N3O5/c1-14-5-6-15-11-18(14)30-10-9-23-19(26)12-16-7-8-17(13-24-20(15)27)25(16)21(28)22(2,3)29-4/h5-6,11,16-17H,7-10,12-13H2,1-4H3,(H,23,26)(H,24,27)/t16-,17+/m0/s1. The Labute approximate surface area is 177 Å². The second kappa shape index (κ2) is 9.04. The smallest absolute Gasteiger partial charge is 0.254 e. The molecule has 0 spiro atoms. The fourth-order valence-electron chi connectivity index (χ4n) is 3.94. The molecule has 2 heterocycles. The van der Waals surface area contributed by atoms with E-state index in [-0.39, 0.29) is 36.2 Å². The first-order chi connectivity index (χ1) is 14.2. The normalized spacial score (nSPS) is 23.0. The van der Waals surface area contributed by atoms with Crippen LogP contribution in [-0.4, -0.2) is 67.1 Å². The topological polar surface area (TPSA) is 97.0 Å². The average molecular weight is 418 g/mol. The Morgan fingerprint density at radius 3 is 2.67 bits per heavy atom. The number of carbonyl (C=O) groups is 3. The molecule has 0 aromatic heterocycles. The number of carbonyl (C=O) groups excluding carboxylic acids is 3. The number of ether oxygens (including phenoxy) is 2. The summed E-state index contributed by atoms with van der Waals surface area (Å²) in [7, 11) is 1.50. The molecule has 164 valence electrons. The van der Waals surface area contributed by atoms with Gasteiger partial charge in [0.05, 0.1) is 6.54 Å². The summed E-state index contributed by atoms with van der Waals surface area (Å²) in [6.07, 6.45) is 1.62.